The van der Waals surface area contributed by atoms with Crippen molar-refractivity contribution in [3.05, 3.63) is 124 Å². The maximum atomic E-state index is 13.6. The van der Waals surface area contributed by atoms with Crippen molar-refractivity contribution in [1.29, 1.82) is 0 Å². The lowest BCUT2D eigenvalue weighted by molar-refractivity contribution is -0.384. The minimum Gasteiger partial charge on any atom is -0.274 e. The number of benzene rings is 3. The normalized spacial score (nSPS) is 24.6. The van der Waals surface area contributed by atoms with Gasteiger partial charge in [0.2, 0.25) is 11.8 Å². The average Bonchev–Trinajstić information content (AvgIpc) is 3.50. The topological polar surface area (TPSA) is 80.5 Å². The fraction of sp³-hybridized carbons (Fsp3) is 0.143. The Hall–Kier alpha value is -4.32. The van der Waals surface area contributed by atoms with Gasteiger partial charge < -0.3 is 0 Å². The predicted octanol–water partition coefficient (Wildman–Crippen LogP) is 5.02. The highest BCUT2D eigenvalue weighted by Crippen LogP contribution is 2.59. The van der Waals surface area contributed by atoms with Crippen LogP contribution in [0.25, 0.3) is 5.57 Å². The van der Waals surface area contributed by atoms with Gasteiger partial charge in [-0.1, -0.05) is 84.9 Å². The fourth-order valence-electron chi connectivity index (χ4n) is 5.85. The number of imide groups is 1. The van der Waals surface area contributed by atoms with Crippen molar-refractivity contribution in [3.63, 3.8) is 0 Å². The number of hydrogen-bond acceptors (Lipinski definition) is 4. The Morgan fingerprint density at radius 3 is 1.68 bits per heavy atom. The van der Waals surface area contributed by atoms with Crippen LogP contribution in [0.2, 0.25) is 0 Å². The highest BCUT2D eigenvalue weighted by molar-refractivity contribution is 6.24. The second-order valence-corrected chi connectivity index (χ2v) is 8.81. The molecular formula is C28H20N2O4. The maximum absolute atomic E-state index is 13.6. The van der Waals surface area contributed by atoms with Crippen LogP contribution >= 0.6 is 0 Å². The van der Waals surface area contributed by atoms with E-state index in [1.54, 1.807) is 6.07 Å². The molecule has 2 bridgehead atoms. The first-order valence-electron chi connectivity index (χ1n) is 11.2. The summed E-state index contributed by atoms with van der Waals surface area (Å²) in [4.78, 5) is 39.3. The van der Waals surface area contributed by atoms with Gasteiger partial charge in [-0.05, 0) is 28.3 Å². The molecule has 1 saturated heterocycles. The number of nitro benzene ring substituents is 1. The maximum Gasteiger partial charge on any atom is 0.293 e. The molecule has 0 radical (unpaired) electrons. The number of nitrogens with zero attached hydrogens (tertiary/aromatic N) is 2. The van der Waals surface area contributed by atoms with Crippen molar-refractivity contribution in [1.82, 2.24) is 0 Å². The molecule has 0 unspecified atom stereocenters. The number of allylic oxidation sites excluding steroid dienone is 3. The van der Waals surface area contributed by atoms with Gasteiger partial charge in [0.25, 0.3) is 5.69 Å². The van der Waals surface area contributed by atoms with E-state index in [9.17, 15) is 19.7 Å². The van der Waals surface area contributed by atoms with Gasteiger partial charge in [-0.3, -0.25) is 19.7 Å². The molecule has 0 aromatic heterocycles. The molecule has 166 valence electrons. The van der Waals surface area contributed by atoms with Crippen LogP contribution in [0.5, 0.6) is 0 Å². The summed E-state index contributed by atoms with van der Waals surface area (Å²) in [5.41, 5.74) is 4.02. The van der Waals surface area contributed by atoms with E-state index in [0.717, 1.165) is 27.2 Å². The molecule has 2 amide bonds. The Kier molecular flexibility index (Phi) is 4.55. The van der Waals surface area contributed by atoms with E-state index in [2.05, 4.69) is 0 Å². The van der Waals surface area contributed by atoms with E-state index < -0.39 is 16.8 Å². The molecule has 6 rings (SSSR count). The summed E-state index contributed by atoms with van der Waals surface area (Å²) >= 11 is 0. The molecule has 2 fully saturated rings. The summed E-state index contributed by atoms with van der Waals surface area (Å²) in [6, 6.07) is 26.0. The Morgan fingerprint density at radius 2 is 1.18 bits per heavy atom. The van der Waals surface area contributed by atoms with E-state index in [1.807, 2.05) is 72.8 Å². The molecule has 1 heterocycles. The van der Waals surface area contributed by atoms with Crippen LogP contribution in [-0.2, 0) is 9.59 Å². The average molecular weight is 448 g/mol. The lowest BCUT2D eigenvalue weighted by Crippen LogP contribution is -2.33. The first-order chi connectivity index (χ1) is 16.6. The molecule has 34 heavy (non-hydrogen) atoms. The standard InChI is InChI=1S/C28H20N2O4/c31-27-25-19-15-16-20(26(25)28(32)29(27)21-13-7-8-14-22(21)30(33)34)24(19)23(17-9-3-1-4-10-17)18-11-5-2-6-12-18/h1-16,19-20,25-26H/t19-,20-,25-,26-/m0/s1. The van der Waals surface area contributed by atoms with Crippen LogP contribution in [0.4, 0.5) is 11.4 Å². The molecule has 6 heteroatoms. The van der Waals surface area contributed by atoms with E-state index in [4.69, 9.17) is 0 Å². The number of carbonyl (C=O) groups is 2. The molecule has 0 N–H and O–H groups in total. The van der Waals surface area contributed by atoms with Crippen molar-refractivity contribution in [2.24, 2.45) is 23.7 Å². The number of fused-ring (bicyclic) bond motifs is 5. The van der Waals surface area contributed by atoms with Crippen LogP contribution in [0.1, 0.15) is 11.1 Å². The molecule has 2 aliphatic carbocycles. The van der Waals surface area contributed by atoms with E-state index in [-0.39, 0.29) is 35.0 Å². The zero-order valence-corrected chi connectivity index (χ0v) is 18.1. The van der Waals surface area contributed by atoms with Crippen molar-refractivity contribution in [2.75, 3.05) is 4.90 Å². The van der Waals surface area contributed by atoms with Gasteiger partial charge in [-0.25, -0.2) is 4.90 Å². The smallest absolute Gasteiger partial charge is 0.274 e. The molecule has 3 aromatic rings. The minimum atomic E-state index is -0.556. The third-order valence-corrected chi connectivity index (χ3v) is 7.15. The SMILES string of the molecule is O=C1[C@@H]2[C@@H](C(=O)N1c1ccccc1[N+](=O)[O-])[C@H]1C=C[C@H]2C1=C(c1ccccc1)c1ccccc1. The number of para-hydroxylation sites is 2. The van der Waals surface area contributed by atoms with Crippen LogP contribution in [0, 0.1) is 33.8 Å². The monoisotopic (exact) mass is 448 g/mol. The number of hydrogen-bond donors (Lipinski definition) is 0. The number of carbonyl (C=O) groups excluding carboxylic acids is 2. The summed E-state index contributed by atoms with van der Waals surface area (Å²) < 4.78 is 0. The van der Waals surface area contributed by atoms with Crippen molar-refractivity contribution in [3.8, 4) is 0 Å². The lowest BCUT2D eigenvalue weighted by Gasteiger charge is -2.21. The van der Waals surface area contributed by atoms with Crippen molar-refractivity contribution >= 4 is 28.8 Å². The third-order valence-electron chi connectivity index (χ3n) is 7.15. The summed E-state index contributed by atoms with van der Waals surface area (Å²) in [6.45, 7) is 0. The predicted molar refractivity (Wildman–Crippen MR) is 128 cm³/mol. The Bertz CT molecular complexity index is 1320. The Labute approximate surface area is 196 Å². The molecule has 4 atom stereocenters. The molecular weight excluding hydrogens is 428 g/mol. The minimum absolute atomic E-state index is 0.0492. The second kappa shape index (κ2) is 7.63. The molecule has 1 saturated carbocycles. The van der Waals surface area contributed by atoms with Gasteiger partial charge in [0.15, 0.2) is 0 Å². The lowest BCUT2D eigenvalue weighted by atomic mass is 9.85. The number of nitro groups is 1. The molecule has 1 aliphatic heterocycles. The summed E-state index contributed by atoms with van der Waals surface area (Å²) in [6.07, 6.45) is 4.06. The van der Waals surface area contributed by atoms with E-state index in [0.29, 0.717) is 0 Å². The first-order valence-corrected chi connectivity index (χ1v) is 11.2. The van der Waals surface area contributed by atoms with Gasteiger partial charge in [0.1, 0.15) is 5.69 Å². The number of rotatable bonds is 4. The van der Waals surface area contributed by atoms with Gasteiger partial charge in [0.05, 0.1) is 16.8 Å². The molecule has 3 aliphatic rings. The zero-order valence-electron chi connectivity index (χ0n) is 18.1. The van der Waals surface area contributed by atoms with Crippen LogP contribution < -0.4 is 4.90 Å². The number of amides is 2. The second-order valence-electron chi connectivity index (χ2n) is 8.81. The van der Waals surface area contributed by atoms with Gasteiger partial charge in [0, 0.05) is 17.9 Å². The van der Waals surface area contributed by atoms with Crippen molar-refractivity contribution < 1.29 is 14.5 Å². The molecule has 0 spiro atoms. The van der Waals surface area contributed by atoms with Crippen molar-refractivity contribution in [2.45, 2.75) is 0 Å². The van der Waals surface area contributed by atoms with Crippen LogP contribution in [0.15, 0.2) is 103 Å². The van der Waals surface area contributed by atoms with Crippen LogP contribution in [0.3, 0.4) is 0 Å². The zero-order chi connectivity index (χ0) is 23.4. The molecule has 6 nitrogen and oxygen atoms in total. The highest BCUT2D eigenvalue weighted by Gasteiger charge is 2.63. The quantitative estimate of drug-likeness (QED) is 0.243. The van der Waals surface area contributed by atoms with Gasteiger partial charge >= 0.3 is 0 Å². The molecule has 3 aromatic carbocycles. The van der Waals surface area contributed by atoms with E-state index >= 15 is 0 Å². The van der Waals surface area contributed by atoms with Gasteiger partial charge in [-0.15, -0.1) is 0 Å². The van der Waals surface area contributed by atoms with E-state index in [1.165, 1.54) is 18.2 Å². The first kappa shape index (κ1) is 20.3. The largest absolute Gasteiger partial charge is 0.293 e. The summed E-state index contributed by atoms with van der Waals surface area (Å²) in [7, 11) is 0. The summed E-state index contributed by atoms with van der Waals surface area (Å²) in [5, 5.41) is 11.6. The van der Waals surface area contributed by atoms with Gasteiger partial charge in [-0.2, -0.15) is 0 Å². The Balaban J connectivity index is 1.49. The fourth-order valence-corrected chi connectivity index (χ4v) is 5.85. The third kappa shape index (κ3) is 2.81. The van der Waals surface area contributed by atoms with Crippen LogP contribution in [-0.4, -0.2) is 16.7 Å². The number of anilines is 1. The Morgan fingerprint density at radius 1 is 0.706 bits per heavy atom. The highest BCUT2D eigenvalue weighted by atomic mass is 16.6. The summed E-state index contributed by atoms with van der Waals surface area (Å²) in [5.74, 6) is -2.29.